The van der Waals surface area contributed by atoms with Crippen LogP contribution in [0.1, 0.15) is 34.7 Å². The highest BCUT2D eigenvalue weighted by molar-refractivity contribution is 6.00. The zero-order chi connectivity index (χ0) is 15.1. The standard InChI is InChI=1S/C20H21NO/c1-21-10-9-16-12-20(22)18-11-15(14-5-3-2-4-6-14)7-8-17(18)19(16)13-21/h2-8,11,16,19H,9-10,12-13H2,1H3/t16-,19+/m1/s1. The fraction of sp³-hybridized carbons (Fsp3) is 0.350. The fourth-order valence-corrected chi connectivity index (χ4v) is 4.04. The lowest BCUT2D eigenvalue weighted by Gasteiger charge is -2.40. The number of hydrogen-bond acceptors (Lipinski definition) is 2. The molecule has 2 nitrogen and oxygen atoms in total. The lowest BCUT2D eigenvalue weighted by atomic mass is 9.71. The van der Waals surface area contributed by atoms with Gasteiger partial charge >= 0.3 is 0 Å². The first-order chi connectivity index (χ1) is 10.7. The topological polar surface area (TPSA) is 20.3 Å². The predicted molar refractivity (Wildman–Crippen MR) is 89.2 cm³/mol. The van der Waals surface area contributed by atoms with E-state index in [9.17, 15) is 4.79 Å². The van der Waals surface area contributed by atoms with E-state index in [1.165, 1.54) is 11.1 Å². The van der Waals surface area contributed by atoms with Crippen LogP contribution >= 0.6 is 0 Å². The van der Waals surface area contributed by atoms with Crippen molar-refractivity contribution >= 4 is 5.78 Å². The van der Waals surface area contributed by atoms with E-state index in [1.54, 1.807) is 0 Å². The summed E-state index contributed by atoms with van der Waals surface area (Å²) >= 11 is 0. The van der Waals surface area contributed by atoms with Crippen molar-refractivity contribution in [2.45, 2.75) is 18.8 Å². The maximum Gasteiger partial charge on any atom is 0.163 e. The first-order valence-electron chi connectivity index (χ1n) is 8.13. The number of Topliss-reactive ketones (excluding diaryl/α,β-unsaturated/α-hetero) is 1. The number of hydrogen-bond donors (Lipinski definition) is 0. The molecular weight excluding hydrogens is 270 g/mol. The van der Waals surface area contributed by atoms with Crippen LogP contribution in [0.4, 0.5) is 0 Å². The third kappa shape index (κ3) is 2.28. The van der Waals surface area contributed by atoms with Crippen molar-refractivity contribution < 1.29 is 4.79 Å². The maximum absolute atomic E-state index is 12.6. The third-order valence-corrected chi connectivity index (χ3v) is 5.27. The Hall–Kier alpha value is -1.93. The number of carbonyl (C=O) groups is 1. The second-order valence-electron chi connectivity index (χ2n) is 6.71. The van der Waals surface area contributed by atoms with E-state index in [-0.39, 0.29) is 0 Å². The van der Waals surface area contributed by atoms with Crippen LogP contribution in [0.2, 0.25) is 0 Å². The Labute approximate surface area is 131 Å². The average Bonchev–Trinajstić information content (AvgIpc) is 2.56. The minimum absolute atomic E-state index is 0.332. The molecule has 1 saturated heterocycles. The van der Waals surface area contributed by atoms with Crippen LogP contribution in [0.15, 0.2) is 48.5 Å². The molecule has 0 bridgehead atoms. The molecule has 1 fully saturated rings. The summed E-state index contributed by atoms with van der Waals surface area (Å²) in [6.45, 7) is 2.20. The first-order valence-corrected chi connectivity index (χ1v) is 8.13. The highest BCUT2D eigenvalue weighted by Gasteiger charge is 2.37. The van der Waals surface area contributed by atoms with E-state index in [1.807, 2.05) is 18.2 Å². The van der Waals surface area contributed by atoms with Gasteiger partial charge in [-0.3, -0.25) is 4.79 Å². The van der Waals surface area contributed by atoms with E-state index >= 15 is 0 Å². The Morgan fingerprint density at radius 2 is 1.86 bits per heavy atom. The Morgan fingerprint density at radius 1 is 1.05 bits per heavy atom. The average molecular weight is 291 g/mol. The fourth-order valence-electron chi connectivity index (χ4n) is 4.04. The number of carbonyl (C=O) groups excluding carboxylic acids is 1. The van der Waals surface area contributed by atoms with E-state index < -0.39 is 0 Å². The van der Waals surface area contributed by atoms with E-state index in [4.69, 9.17) is 0 Å². The molecule has 0 unspecified atom stereocenters. The lowest BCUT2D eigenvalue weighted by Crippen LogP contribution is -2.40. The molecule has 1 heterocycles. The van der Waals surface area contributed by atoms with Crippen LogP contribution in [0.3, 0.4) is 0 Å². The van der Waals surface area contributed by atoms with Gasteiger partial charge in [0.2, 0.25) is 0 Å². The van der Waals surface area contributed by atoms with Crippen LogP contribution < -0.4 is 0 Å². The van der Waals surface area contributed by atoms with Gasteiger partial charge in [0, 0.05) is 24.4 Å². The molecule has 4 rings (SSSR count). The first kappa shape index (κ1) is 13.7. The van der Waals surface area contributed by atoms with E-state index in [0.717, 1.165) is 37.1 Å². The lowest BCUT2D eigenvalue weighted by molar-refractivity contribution is 0.0887. The largest absolute Gasteiger partial charge is 0.306 e. The summed E-state index contributed by atoms with van der Waals surface area (Å²) in [4.78, 5) is 15.0. The van der Waals surface area contributed by atoms with Crippen LogP contribution in [-0.2, 0) is 0 Å². The Morgan fingerprint density at radius 3 is 2.68 bits per heavy atom. The van der Waals surface area contributed by atoms with Gasteiger partial charge < -0.3 is 4.90 Å². The predicted octanol–water partition coefficient (Wildman–Crippen LogP) is 3.98. The number of likely N-dealkylation sites (tertiary alicyclic amines) is 1. The second-order valence-corrected chi connectivity index (χ2v) is 6.71. The summed E-state index contributed by atoms with van der Waals surface area (Å²) in [5.74, 6) is 1.40. The number of ketones is 1. The molecule has 2 aliphatic rings. The van der Waals surface area contributed by atoms with Gasteiger partial charge in [0.1, 0.15) is 0 Å². The number of benzene rings is 2. The van der Waals surface area contributed by atoms with Crippen LogP contribution in [0.25, 0.3) is 11.1 Å². The van der Waals surface area contributed by atoms with Gasteiger partial charge in [-0.15, -0.1) is 0 Å². The minimum Gasteiger partial charge on any atom is -0.306 e. The molecule has 2 aromatic rings. The van der Waals surface area contributed by atoms with Gasteiger partial charge in [-0.1, -0.05) is 42.5 Å². The molecule has 2 aromatic carbocycles. The zero-order valence-electron chi connectivity index (χ0n) is 13.0. The molecule has 0 amide bonds. The Bertz CT molecular complexity index is 707. The van der Waals surface area contributed by atoms with Gasteiger partial charge in [0.15, 0.2) is 5.78 Å². The SMILES string of the molecule is CN1CC[C@@H]2CC(=O)c3cc(-c4ccccc4)ccc3[C@H]2C1. The minimum atomic E-state index is 0.332. The van der Waals surface area contributed by atoms with Crippen molar-refractivity contribution in [2.24, 2.45) is 5.92 Å². The van der Waals surface area contributed by atoms with Gasteiger partial charge in [-0.25, -0.2) is 0 Å². The molecule has 0 saturated carbocycles. The van der Waals surface area contributed by atoms with Crippen molar-refractivity contribution in [3.8, 4) is 11.1 Å². The molecule has 0 N–H and O–H groups in total. The van der Waals surface area contributed by atoms with Crippen molar-refractivity contribution in [1.29, 1.82) is 0 Å². The molecule has 0 radical (unpaired) electrons. The van der Waals surface area contributed by atoms with Crippen molar-refractivity contribution in [1.82, 2.24) is 4.90 Å². The molecule has 1 aliphatic carbocycles. The molecule has 112 valence electrons. The molecule has 2 atom stereocenters. The summed E-state index contributed by atoms with van der Waals surface area (Å²) < 4.78 is 0. The summed E-state index contributed by atoms with van der Waals surface area (Å²) in [5, 5.41) is 0. The number of rotatable bonds is 1. The van der Waals surface area contributed by atoms with Crippen LogP contribution in [0, 0.1) is 5.92 Å². The van der Waals surface area contributed by atoms with Crippen LogP contribution in [0.5, 0.6) is 0 Å². The number of likely N-dealkylation sites (N-methyl/N-ethyl adjacent to an activating group) is 1. The second kappa shape index (κ2) is 5.36. The molecule has 0 aromatic heterocycles. The Balaban J connectivity index is 1.77. The summed E-state index contributed by atoms with van der Waals surface area (Å²) in [7, 11) is 2.19. The highest BCUT2D eigenvalue weighted by Crippen LogP contribution is 2.41. The van der Waals surface area contributed by atoms with Gasteiger partial charge in [-0.2, -0.15) is 0 Å². The normalized spacial score (nSPS) is 24.7. The van der Waals surface area contributed by atoms with Crippen molar-refractivity contribution in [2.75, 3.05) is 20.1 Å². The molecule has 22 heavy (non-hydrogen) atoms. The van der Waals surface area contributed by atoms with Crippen LogP contribution in [-0.4, -0.2) is 30.8 Å². The monoisotopic (exact) mass is 291 g/mol. The number of piperidine rings is 1. The van der Waals surface area contributed by atoms with Crippen molar-refractivity contribution in [3.05, 3.63) is 59.7 Å². The number of nitrogens with zero attached hydrogens (tertiary/aromatic N) is 1. The quantitative estimate of drug-likeness (QED) is 0.792. The van der Waals surface area contributed by atoms with Gasteiger partial charge in [0.25, 0.3) is 0 Å². The Kier molecular flexibility index (Phi) is 3.34. The molecule has 0 spiro atoms. The summed E-state index contributed by atoms with van der Waals surface area (Å²) in [5.41, 5.74) is 4.56. The van der Waals surface area contributed by atoms with E-state index in [2.05, 4.69) is 42.3 Å². The third-order valence-electron chi connectivity index (χ3n) is 5.27. The van der Waals surface area contributed by atoms with Crippen molar-refractivity contribution in [3.63, 3.8) is 0 Å². The zero-order valence-corrected chi connectivity index (χ0v) is 13.0. The van der Waals surface area contributed by atoms with Gasteiger partial charge in [-0.05, 0) is 48.7 Å². The highest BCUT2D eigenvalue weighted by atomic mass is 16.1. The molecule has 1 aliphatic heterocycles. The molecule has 2 heteroatoms. The summed E-state index contributed by atoms with van der Waals surface area (Å²) in [6.07, 6.45) is 1.87. The number of fused-ring (bicyclic) bond motifs is 3. The smallest absolute Gasteiger partial charge is 0.163 e. The van der Waals surface area contributed by atoms with Gasteiger partial charge in [0.05, 0.1) is 0 Å². The van der Waals surface area contributed by atoms with E-state index in [0.29, 0.717) is 17.6 Å². The molecular formula is C20H21NO. The summed E-state index contributed by atoms with van der Waals surface area (Å²) in [6, 6.07) is 16.8. The maximum atomic E-state index is 12.6.